The lowest BCUT2D eigenvalue weighted by molar-refractivity contribution is -0.119. The summed E-state index contributed by atoms with van der Waals surface area (Å²) in [5.41, 5.74) is -0.0264. The Bertz CT molecular complexity index is 363. The number of thiophene rings is 1. The van der Waals surface area contributed by atoms with E-state index >= 15 is 0 Å². The number of amides is 1. The first-order valence-electron chi connectivity index (χ1n) is 4.61. The van der Waals surface area contributed by atoms with Gasteiger partial charge < -0.3 is 5.32 Å². The molecule has 1 amide bonds. The maximum absolute atomic E-state index is 11.1. The molecule has 2 heterocycles. The molecule has 2 nitrogen and oxygen atoms in total. The molecule has 1 aromatic heterocycles. The van der Waals surface area contributed by atoms with Gasteiger partial charge in [-0.15, -0.1) is 11.3 Å². The first-order valence-corrected chi connectivity index (χ1v) is 6.29. The van der Waals surface area contributed by atoms with E-state index in [1.54, 1.807) is 11.3 Å². The van der Waals surface area contributed by atoms with E-state index in [1.807, 2.05) is 0 Å². The summed E-state index contributed by atoms with van der Waals surface area (Å²) < 4.78 is 1.13. The van der Waals surface area contributed by atoms with Crippen LogP contribution >= 0.6 is 27.3 Å². The molecule has 1 aromatic rings. The molecular formula is C10H12BrNOS. The highest BCUT2D eigenvalue weighted by Gasteiger charge is 2.33. The zero-order chi connectivity index (χ0) is 10.2. The summed E-state index contributed by atoms with van der Waals surface area (Å²) in [6.07, 6.45) is 2.55. The minimum absolute atomic E-state index is 0.0264. The monoisotopic (exact) mass is 273 g/mol. The third kappa shape index (κ3) is 2.17. The van der Waals surface area contributed by atoms with Gasteiger partial charge in [0.25, 0.3) is 0 Å². The highest BCUT2D eigenvalue weighted by Crippen LogP contribution is 2.28. The minimum atomic E-state index is -0.0264. The van der Waals surface area contributed by atoms with Crippen molar-refractivity contribution in [3.8, 4) is 0 Å². The lowest BCUT2D eigenvalue weighted by atomic mass is 9.95. The summed E-state index contributed by atoms with van der Waals surface area (Å²) in [6, 6.07) is 2.13. The van der Waals surface area contributed by atoms with Crippen molar-refractivity contribution in [2.24, 2.45) is 0 Å². The number of nitrogens with one attached hydrogen (secondary N) is 1. The van der Waals surface area contributed by atoms with Gasteiger partial charge in [0, 0.05) is 33.1 Å². The summed E-state index contributed by atoms with van der Waals surface area (Å²) in [5, 5.41) is 5.12. The lowest BCUT2D eigenvalue weighted by Crippen LogP contribution is -2.40. The second kappa shape index (κ2) is 3.66. The standard InChI is InChI=1S/C10H12BrNOS/c1-10(3-2-9(13)12-10)5-8-4-7(11)6-14-8/h4,6H,2-3,5H2,1H3,(H,12,13). The van der Waals surface area contributed by atoms with Gasteiger partial charge in [-0.2, -0.15) is 0 Å². The Morgan fingerprint density at radius 2 is 2.50 bits per heavy atom. The molecule has 1 saturated heterocycles. The molecule has 1 atom stereocenters. The molecule has 14 heavy (non-hydrogen) atoms. The molecule has 1 unspecified atom stereocenters. The summed E-state index contributed by atoms with van der Waals surface area (Å²) >= 11 is 5.17. The van der Waals surface area contributed by atoms with E-state index < -0.39 is 0 Å². The van der Waals surface area contributed by atoms with Crippen LogP contribution in [-0.2, 0) is 11.2 Å². The summed E-state index contributed by atoms with van der Waals surface area (Å²) in [6.45, 7) is 2.12. The highest BCUT2D eigenvalue weighted by molar-refractivity contribution is 9.10. The van der Waals surface area contributed by atoms with Gasteiger partial charge >= 0.3 is 0 Å². The first kappa shape index (κ1) is 10.2. The molecule has 0 radical (unpaired) electrons. The van der Waals surface area contributed by atoms with Crippen LogP contribution in [-0.4, -0.2) is 11.4 Å². The van der Waals surface area contributed by atoms with E-state index in [-0.39, 0.29) is 11.4 Å². The Hall–Kier alpha value is -0.350. The third-order valence-corrected chi connectivity index (χ3v) is 4.23. The highest BCUT2D eigenvalue weighted by atomic mass is 79.9. The van der Waals surface area contributed by atoms with E-state index in [1.165, 1.54) is 4.88 Å². The van der Waals surface area contributed by atoms with Gasteiger partial charge in [0.2, 0.25) is 5.91 Å². The number of halogens is 1. The van der Waals surface area contributed by atoms with Gasteiger partial charge in [0.15, 0.2) is 0 Å². The number of carbonyl (C=O) groups excluding carboxylic acids is 1. The van der Waals surface area contributed by atoms with Crippen LogP contribution in [0.15, 0.2) is 15.9 Å². The van der Waals surface area contributed by atoms with E-state index in [0.29, 0.717) is 6.42 Å². The van der Waals surface area contributed by atoms with E-state index in [9.17, 15) is 4.79 Å². The third-order valence-electron chi connectivity index (χ3n) is 2.53. The van der Waals surface area contributed by atoms with Crippen LogP contribution in [0.1, 0.15) is 24.6 Å². The van der Waals surface area contributed by atoms with Crippen LogP contribution in [0, 0.1) is 0 Å². The predicted molar refractivity (Wildman–Crippen MR) is 61.5 cm³/mol. The summed E-state index contributed by atoms with van der Waals surface area (Å²) in [4.78, 5) is 12.5. The van der Waals surface area contributed by atoms with Gasteiger partial charge in [-0.3, -0.25) is 4.79 Å². The summed E-state index contributed by atoms with van der Waals surface area (Å²) in [5.74, 6) is 0.183. The van der Waals surface area contributed by atoms with Gasteiger partial charge in [0.05, 0.1) is 0 Å². The average Bonchev–Trinajstić information content (AvgIpc) is 2.60. The van der Waals surface area contributed by atoms with Crippen LogP contribution in [0.3, 0.4) is 0 Å². The molecule has 0 aromatic carbocycles. The molecule has 1 fully saturated rings. The fraction of sp³-hybridized carbons (Fsp3) is 0.500. The Balaban J connectivity index is 2.07. The van der Waals surface area contributed by atoms with Crippen molar-refractivity contribution in [3.63, 3.8) is 0 Å². The molecule has 1 aliphatic rings. The predicted octanol–water partition coefficient (Wildman–Crippen LogP) is 2.72. The smallest absolute Gasteiger partial charge is 0.220 e. The van der Waals surface area contributed by atoms with Gasteiger partial charge in [-0.25, -0.2) is 0 Å². The van der Waals surface area contributed by atoms with Gasteiger partial charge in [0.1, 0.15) is 0 Å². The molecular weight excluding hydrogens is 262 g/mol. The second-order valence-corrected chi connectivity index (χ2v) is 5.93. The largest absolute Gasteiger partial charge is 0.351 e. The number of hydrogen-bond acceptors (Lipinski definition) is 2. The van der Waals surface area contributed by atoms with Crippen LogP contribution in [0.2, 0.25) is 0 Å². The summed E-state index contributed by atoms with van der Waals surface area (Å²) in [7, 11) is 0. The molecule has 0 saturated carbocycles. The van der Waals surface area contributed by atoms with E-state index in [4.69, 9.17) is 0 Å². The zero-order valence-corrected chi connectivity index (χ0v) is 10.4. The Labute approximate surface area is 95.8 Å². The topological polar surface area (TPSA) is 29.1 Å². The van der Waals surface area contributed by atoms with Gasteiger partial charge in [-0.1, -0.05) is 0 Å². The van der Waals surface area contributed by atoms with Crippen molar-refractivity contribution < 1.29 is 4.79 Å². The number of carbonyl (C=O) groups is 1. The van der Waals surface area contributed by atoms with E-state index in [0.717, 1.165) is 17.3 Å². The fourth-order valence-corrected chi connectivity index (χ4v) is 3.45. The van der Waals surface area contributed by atoms with Crippen molar-refractivity contribution in [1.29, 1.82) is 0 Å². The number of hydrogen-bond donors (Lipinski definition) is 1. The molecule has 0 bridgehead atoms. The Morgan fingerprint density at radius 1 is 1.71 bits per heavy atom. The quantitative estimate of drug-likeness (QED) is 0.882. The van der Waals surface area contributed by atoms with Crippen molar-refractivity contribution in [2.75, 3.05) is 0 Å². The lowest BCUT2D eigenvalue weighted by Gasteiger charge is -2.22. The van der Waals surface area contributed by atoms with E-state index in [2.05, 4.69) is 39.6 Å². The molecule has 0 aliphatic carbocycles. The maximum Gasteiger partial charge on any atom is 0.220 e. The van der Waals surface area contributed by atoms with Crippen molar-refractivity contribution in [2.45, 2.75) is 31.7 Å². The number of rotatable bonds is 2. The molecule has 4 heteroatoms. The van der Waals surface area contributed by atoms with Crippen LogP contribution < -0.4 is 5.32 Å². The molecule has 2 rings (SSSR count). The second-order valence-electron chi connectivity index (χ2n) is 4.02. The van der Waals surface area contributed by atoms with Crippen molar-refractivity contribution in [1.82, 2.24) is 5.32 Å². The van der Waals surface area contributed by atoms with Crippen molar-refractivity contribution >= 4 is 33.2 Å². The molecule has 1 N–H and O–H groups in total. The normalized spacial score (nSPS) is 26.6. The maximum atomic E-state index is 11.1. The zero-order valence-electron chi connectivity index (χ0n) is 7.97. The van der Waals surface area contributed by atoms with Crippen LogP contribution in [0.4, 0.5) is 0 Å². The van der Waals surface area contributed by atoms with Crippen molar-refractivity contribution in [3.05, 3.63) is 20.8 Å². The Kier molecular flexibility index (Phi) is 2.66. The fourth-order valence-electron chi connectivity index (χ4n) is 1.81. The molecule has 0 spiro atoms. The Morgan fingerprint density at radius 3 is 3.00 bits per heavy atom. The van der Waals surface area contributed by atoms with Gasteiger partial charge in [-0.05, 0) is 35.3 Å². The molecule has 1 aliphatic heterocycles. The molecule has 76 valence electrons. The first-order chi connectivity index (χ1) is 6.57. The average molecular weight is 274 g/mol. The SMILES string of the molecule is CC1(Cc2cc(Br)cs2)CCC(=O)N1. The minimum Gasteiger partial charge on any atom is -0.351 e. The van der Waals surface area contributed by atoms with Crippen LogP contribution in [0.25, 0.3) is 0 Å². The van der Waals surface area contributed by atoms with Crippen LogP contribution in [0.5, 0.6) is 0 Å².